The molecule has 0 unspecified atom stereocenters. The molecule has 1 fully saturated rings. The third kappa shape index (κ3) is 9.89. The van der Waals surface area contributed by atoms with E-state index < -0.39 is 24.3 Å². The molecule has 5 aromatic rings. The van der Waals surface area contributed by atoms with Gasteiger partial charge in [0.05, 0.1) is 22.1 Å². The Hall–Kier alpha value is -5.40. The molecule has 3 aromatic carbocycles. The summed E-state index contributed by atoms with van der Waals surface area (Å²) in [7, 11) is 0. The molecule has 1 saturated carbocycles. The first kappa shape index (κ1) is 37.8. The molecule has 0 atom stereocenters. The maximum atomic E-state index is 10.5. The zero-order valence-electron chi connectivity index (χ0n) is 27.8. The second kappa shape index (κ2) is 16.3. The molecule has 8 nitrogen and oxygen atoms in total. The molecule has 0 spiro atoms. The number of aliphatic carboxylic acids is 2. The van der Waals surface area contributed by atoms with Crippen LogP contribution in [0.25, 0.3) is 21.8 Å². The number of anilines is 2. The molecule has 52 heavy (non-hydrogen) atoms. The predicted molar refractivity (Wildman–Crippen MR) is 177 cm³/mol. The minimum Gasteiger partial charge on any atom is -0.542 e. The van der Waals surface area contributed by atoms with E-state index in [0.717, 1.165) is 38.0 Å². The van der Waals surface area contributed by atoms with Gasteiger partial charge >= 0.3 is 12.4 Å². The third-order valence-electron chi connectivity index (χ3n) is 9.14. The topological polar surface area (TPSA) is 112 Å². The van der Waals surface area contributed by atoms with Crippen molar-refractivity contribution in [3.8, 4) is 0 Å². The third-order valence-corrected chi connectivity index (χ3v) is 9.14. The highest BCUT2D eigenvalue weighted by Gasteiger charge is 2.29. The number of nitrogens with one attached hydrogen (secondary N) is 2. The van der Waals surface area contributed by atoms with Crippen LogP contribution in [0.15, 0.2) is 97.3 Å². The van der Waals surface area contributed by atoms with Gasteiger partial charge < -0.3 is 30.4 Å². The fourth-order valence-corrected chi connectivity index (χ4v) is 6.53. The van der Waals surface area contributed by atoms with Gasteiger partial charge in [-0.2, -0.15) is 35.5 Å². The number of fused-ring (bicyclic) bond motifs is 2. The van der Waals surface area contributed by atoms with Crippen molar-refractivity contribution in [3.05, 3.63) is 108 Å². The molecule has 5 heterocycles. The van der Waals surface area contributed by atoms with Gasteiger partial charge in [0, 0.05) is 48.5 Å². The molecule has 0 saturated heterocycles. The Labute approximate surface area is 295 Å². The highest BCUT2D eigenvalue weighted by atomic mass is 19.4. The molecular formula is C38H36F6N4O4. The quantitative estimate of drug-likeness (QED) is 0.174. The van der Waals surface area contributed by atoms with E-state index in [-0.39, 0.29) is 0 Å². The van der Waals surface area contributed by atoms with Gasteiger partial charge in [0.2, 0.25) is 11.0 Å². The minimum atomic E-state index is -5.19. The van der Waals surface area contributed by atoms with E-state index in [1.165, 1.54) is 70.0 Å². The Morgan fingerprint density at radius 3 is 1.31 bits per heavy atom. The van der Waals surface area contributed by atoms with Crippen molar-refractivity contribution in [3.63, 3.8) is 0 Å². The SMILES string of the molecule is O=C([O-])C(F)(F)F.O=C([O-])C(F)(F)F.c1cc2cc(c1)C[n+]1ccc(c3ccccc31)NCC1CCC(CC1)CNc1cc[n+](c3ccccc13)C2. The van der Waals surface area contributed by atoms with E-state index in [0.29, 0.717) is 0 Å². The Balaban J connectivity index is 0.000000318. The fourth-order valence-electron chi connectivity index (χ4n) is 6.53. The Bertz CT molecular complexity index is 1890. The lowest BCUT2D eigenvalue weighted by Gasteiger charge is -2.29. The minimum absolute atomic E-state index is 0.741. The van der Waals surface area contributed by atoms with Gasteiger partial charge in [-0.25, -0.2) is 0 Å². The molecule has 0 radical (unpaired) electrons. The van der Waals surface area contributed by atoms with E-state index in [4.69, 9.17) is 19.8 Å². The number of aromatic nitrogens is 2. The van der Waals surface area contributed by atoms with Gasteiger partial charge in [0.25, 0.3) is 0 Å². The van der Waals surface area contributed by atoms with Gasteiger partial charge in [0.1, 0.15) is 11.9 Å². The second-order valence-electron chi connectivity index (χ2n) is 12.8. The van der Waals surface area contributed by atoms with Gasteiger partial charge in [-0.3, -0.25) is 0 Å². The number of rotatable bonds is 0. The number of hydrogen-bond acceptors (Lipinski definition) is 6. The highest BCUT2D eigenvalue weighted by Crippen LogP contribution is 2.31. The van der Waals surface area contributed by atoms with Crippen molar-refractivity contribution < 1.29 is 55.3 Å². The monoisotopic (exact) mass is 726 g/mol. The number of halogens is 6. The smallest absolute Gasteiger partial charge is 0.430 e. The first-order chi connectivity index (χ1) is 24.7. The number of hydrogen-bond donors (Lipinski definition) is 2. The van der Waals surface area contributed by atoms with E-state index in [1.54, 1.807) is 0 Å². The Kier molecular flexibility index (Phi) is 11.9. The average molecular weight is 727 g/mol. The average Bonchev–Trinajstić information content (AvgIpc) is 3.11. The molecule has 1 aliphatic carbocycles. The maximum Gasteiger partial charge on any atom is 0.430 e. The molecule has 2 N–H and O–H groups in total. The van der Waals surface area contributed by atoms with Crippen LogP contribution in [-0.4, -0.2) is 37.4 Å². The molecular weight excluding hydrogens is 690 g/mol. The Morgan fingerprint density at radius 1 is 0.577 bits per heavy atom. The van der Waals surface area contributed by atoms with Crippen molar-refractivity contribution in [2.24, 2.45) is 11.8 Å². The van der Waals surface area contributed by atoms with Crippen molar-refractivity contribution in [1.29, 1.82) is 0 Å². The summed E-state index contributed by atoms with van der Waals surface area (Å²) in [5, 5.41) is 27.8. The normalized spacial score (nSPS) is 17.4. The fraction of sp³-hybridized carbons (Fsp3) is 0.316. The summed E-state index contributed by atoms with van der Waals surface area (Å²) in [6.45, 7) is 3.82. The number of carbonyl (C=O) groups is 2. The number of nitrogens with zero attached hydrogens (tertiary/aromatic N) is 2. The summed E-state index contributed by atoms with van der Waals surface area (Å²) in [6, 6.07) is 31.2. The van der Waals surface area contributed by atoms with Crippen molar-refractivity contribution >= 4 is 45.1 Å². The van der Waals surface area contributed by atoms with Gasteiger partial charge in [-0.05, 0) is 55.7 Å². The summed E-state index contributed by atoms with van der Waals surface area (Å²) >= 11 is 0. The van der Waals surface area contributed by atoms with Crippen LogP contribution in [0, 0.1) is 11.8 Å². The van der Waals surface area contributed by atoms with Crippen LogP contribution in [0.4, 0.5) is 37.7 Å². The maximum absolute atomic E-state index is 10.5. The largest absolute Gasteiger partial charge is 0.542 e. The van der Waals surface area contributed by atoms with Crippen molar-refractivity contribution in [2.75, 3.05) is 23.7 Å². The molecule has 274 valence electrons. The molecule has 0 amide bonds. The summed E-state index contributed by atoms with van der Waals surface area (Å²) in [4.78, 5) is 17.6. The molecule has 9 rings (SSSR count). The summed E-state index contributed by atoms with van der Waals surface area (Å²) in [6.07, 6.45) is -0.679. The number of alkyl halides is 6. The van der Waals surface area contributed by atoms with Crippen LogP contribution in [0.2, 0.25) is 0 Å². The van der Waals surface area contributed by atoms with Gasteiger partial charge in [-0.1, -0.05) is 42.5 Å². The number of pyridine rings is 2. The summed E-state index contributed by atoms with van der Waals surface area (Å²) < 4.78 is 67.9. The first-order valence-electron chi connectivity index (χ1n) is 16.6. The van der Waals surface area contributed by atoms with Crippen molar-refractivity contribution in [2.45, 2.75) is 51.1 Å². The van der Waals surface area contributed by atoms with Crippen LogP contribution in [0.3, 0.4) is 0 Å². The van der Waals surface area contributed by atoms with E-state index in [9.17, 15) is 26.3 Å². The lowest BCUT2D eigenvalue weighted by molar-refractivity contribution is -0.663. The molecule has 4 aliphatic rings. The number of carboxylic acid groups (broad SMARTS) is 2. The first-order valence-corrected chi connectivity index (χ1v) is 16.6. The van der Waals surface area contributed by atoms with Crippen LogP contribution >= 0.6 is 0 Å². The van der Waals surface area contributed by atoms with E-state index in [1.807, 2.05) is 0 Å². The molecule has 2 aromatic heterocycles. The lowest BCUT2D eigenvalue weighted by atomic mass is 9.82. The zero-order chi connectivity index (χ0) is 37.5. The van der Waals surface area contributed by atoms with Gasteiger partial charge in [0.15, 0.2) is 25.5 Å². The van der Waals surface area contributed by atoms with Crippen LogP contribution in [0.5, 0.6) is 0 Å². The number of carbonyl (C=O) groups excluding carboxylic acids is 2. The Morgan fingerprint density at radius 2 is 0.942 bits per heavy atom. The van der Waals surface area contributed by atoms with Gasteiger partial charge in [-0.15, -0.1) is 0 Å². The summed E-state index contributed by atoms with van der Waals surface area (Å²) in [5.41, 5.74) is 7.71. The zero-order valence-corrected chi connectivity index (χ0v) is 27.8. The lowest BCUT2D eigenvalue weighted by Crippen LogP contribution is -2.37. The second-order valence-corrected chi connectivity index (χ2v) is 12.8. The van der Waals surface area contributed by atoms with Crippen LogP contribution in [-0.2, 0) is 22.7 Å². The van der Waals surface area contributed by atoms with E-state index in [2.05, 4.69) is 117 Å². The number of benzene rings is 3. The van der Waals surface area contributed by atoms with Crippen LogP contribution in [0.1, 0.15) is 36.8 Å². The number of carboxylic acids is 2. The molecule has 3 aliphatic heterocycles. The molecule has 14 heteroatoms. The number of para-hydroxylation sites is 2. The van der Waals surface area contributed by atoms with Crippen LogP contribution < -0.4 is 30.0 Å². The predicted octanol–water partition coefficient (Wildman–Crippen LogP) is 4.91. The highest BCUT2D eigenvalue weighted by molar-refractivity contribution is 5.89. The van der Waals surface area contributed by atoms with Crippen molar-refractivity contribution in [1.82, 2.24) is 0 Å². The van der Waals surface area contributed by atoms with E-state index >= 15 is 0 Å². The standard InChI is InChI=1S/C34H34N4.2C2HF3O2/c1-3-10-33-29(8-1)31-16-18-37(33)23-27-6-5-7-28(20-27)24-38-19-17-32(30-9-2-4-11-34(30)38)36-22-26-14-12-25(13-15-26)21-35-31;2*3-2(4,5)1(6)7/h1-11,16-20,25-26H,12-15,21-24H2;2*(H,6,7). The summed E-state index contributed by atoms with van der Waals surface area (Å²) in [5.74, 6) is -4.53. The molecule has 8 bridgehead atoms.